The molecule has 1 N–H and O–H groups in total. The Bertz CT molecular complexity index is 1040. The third kappa shape index (κ3) is 3.67. The molecule has 6 nitrogen and oxygen atoms in total. The smallest absolute Gasteiger partial charge is 0.244 e. The molecule has 148 valence electrons. The van der Waals surface area contributed by atoms with Gasteiger partial charge in [-0.05, 0) is 51.0 Å². The summed E-state index contributed by atoms with van der Waals surface area (Å²) >= 11 is 0. The van der Waals surface area contributed by atoms with Crippen LogP contribution in [0.4, 0.5) is 11.4 Å². The van der Waals surface area contributed by atoms with Crippen molar-refractivity contribution in [3.05, 3.63) is 53.1 Å². The summed E-state index contributed by atoms with van der Waals surface area (Å²) in [7, 11) is -3.63. The number of rotatable bonds is 3. The molecule has 0 saturated carbocycles. The van der Waals surface area contributed by atoms with E-state index < -0.39 is 15.1 Å². The van der Waals surface area contributed by atoms with Crippen LogP contribution in [0.3, 0.4) is 0 Å². The topological polar surface area (TPSA) is 83.6 Å². The van der Waals surface area contributed by atoms with Crippen LogP contribution in [0.5, 0.6) is 0 Å². The van der Waals surface area contributed by atoms with Crippen LogP contribution in [0.1, 0.15) is 30.0 Å². The number of anilines is 2. The third-order valence-corrected chi connectivity index (χ3v) is 7.18. The van der Waals surface area contributed by atoms with Gasteiger partial charge in [-0.2, -0.15) is 0 Å². The van der Waals surface area contributed by atoms with Gasteiger partial charge >= 0.3 is 0 Å². The van der Waals surface area contributed by atoms with E-state index in [1.165, 1.54) is 17.9 Å². The van der Waals surface area contributed by atoms with E-state index in [2.05, 4.69) is 5.32 Å². The standard InChI is InChI=1S/C21H24N2O4S/c1-13-9-14(2)21(15(3)10-13)22-19(24)12-23-17-7-5-6-8-18(17)28(26,27)16(4)11-20(23)25/h5-10,16H,11-12H2,1-4H3,(H,22,24)/t16-/m0/s1. The Labute approximate surface area is 165 Å². The average Bonchev–Trinajstić information content (AvgIpc) is 2.68. The van der Waals surface area contributed by atoms with Gasteiger partial charge in [0.15, 0.2) is 9.84 Å². The van der Waals surface area contributed by atoms with Crippen molar-refractivity contribution in [3.63, 3.8) is 0 Å². The molecule has 0 aliphatic carbocycles. The number of sulfone groups is 1. The maximum Gasteiger partial charge on any atom is 0.244 e. The van der Waals surface area contributed by atoms with Gasteiger partial charge in [-0.3, -0.25) is 9.59 Å². The van der Waals surface area contributed by atoms with Crippen LogP contribution in [0.15, 0.2) is 41.3 Å². The van der Waals surface area contributed by atoms with Crippen molar-refractivity contribution in [2.45, 2.75) is 44.3 Å². The second kappa shape index (κ2) is 7.39. The lowest BCUT2D eigenvalue weighted by Gasteiger charge is -2.22. The van der Waals surface area contributed by atoms with Gasteiger partial charge in [0.2, 0.25) is 11.8 Å². The van der Waals surface area contributed by atoms with Crippen molar-refractivity contribution in [2.75, 3.05) is 16.8 Å². The van der Waals surface area contributed by atoms with Crippen LogP contribution in [-0.4, -0.2) is 32.0 Å². The molecule has 0 spiro atoms. The summed E-state index contributed by atoms with van der Waals surface area (Å²) in [5.41, 5.74) is 3.94. The molecule has 1 heterocycles. The number of nitrogens with one attached hydrogen (secondary N) is 1. The van der Waals surface area contributed by atoms with Gasteiger partial charge in [0.05, 0.1) is 15.8 Å². The number of carbonyl (C=O) groups is 2. The van der Waals surface area contributed by atoms with Crippen LogP contribution in [0.2, 0.25) is 0 Å². The van der Waals surface area contributed by atoms with Crippen LogP contribution in [-0.2, 0) is 19.4 Å². The minimum Gasteiger partial charge on any atom is -0.324 e. The molecule has 2 aromatic rings. The van der Waals surface area contributed by atoms with E-state index in [9.17, 15) is 18.0 Å². The zero-order valence-corrected chi connectivity index (χ0v) is 17.3. The Hall–Kier alpha value is -2.67. The fraction of sp³-hybridized carbons (Fsp3) is 0.333. The lowest BCUT2D eigenvalue weighted by molar-refractivity contribution is -0.121. The van der Waals surface area contributed by atoms with Crippen molar-refractivity contribution in [2.24, 2.45) is 0 Å². The molecule has 0 unspecified atom stereocenters. The molecule has 0 radical (unpaired) electrons. The van der Waals surface area contributed by atoms with E-state index in [1.807, 2.05) is 32.9 Å². The number of carbonyl (C=O) groups excluding carboxylic acids is 2. The molecular formula is C21H24N2O4S. The zero-order chi connectivity index (χ0) is 20.6. The highest BCUT2D eigenvalue weighted by Gasteiger charge is 2.36. The van der Waals surface area contributed by atoms with Crippen molar-refractivity contribution in [1.82, 2.24) is 0 Å². The summed E-state index contributed by atoms with van der Waals surface area (Å²) < 4.78 is 25.5. The number of benzene rings is 2. The predicted octanol–water partition coefficient (Wildman–Crippen LogP) is 3.15. The first-order valence-electron chi connectivity index (χ1n) is 9.12. The fourth-order valence-corrected chi connectivity index (χ4v) is 5.14. The summed E-state index contributed by atoms with van der Waals surface area (Å²) in [6.07, 6.45) is -0.160. The number of hydrogen-bond acceptors (Lipinski definition) is 4. The Morgan fingerprint density at radius 3 is 2.39 bits per heavy atom. The van der Waals surface area contributed by atoms with E-state index in [4.69, 9.17) is 0 Å². The number of fused-ring (bicyclic) bond motifs is 1. The molecule has 0 fully saturated rings. The van der Waals surface area contributed by atoms with Gasteiger partial charge < -0.3 is 10.2 Å². The number of nitrogens with zero attached hydrogens (tertiary/aromatic N) is 1. The molecule has 3 rings (SSSR count). The minimum atomic E-state index is -3.63. The third-order valence-electron chi connectivity index (χ3n) is 5.00. The molecule has 28 heavy (non-hydrogen) atoms. The highest BCUT2D eigenvalue weighted by molar-refractivity contribution is 7.92. The predicted molar refractivity (Wildman–Crippen MR) is 109 cm³/mol. The summed E-state index contributed by atoms with van der Waals surface area (Å²) in [6, 6.07) is 10.3. The SMILES string of the molecule is Cc1cc(C)c(NC(=O)CN2C(=O)C[C@H](C)S(=O)(=O)c3ccccc32)c(C)c1. The van der Waals surface area contributed by atoms with Crippen molar-refractivity contribution in [1.29, 1.82) is 0 Å². The number of hydrogen-bond donors (Lipinski definition) is 1. The van der Waals surface area contributed by atoms with E-state index in [0.29, 0.717) is 5.69 Å². The molecular weight excluding hydrogens is 376 g/mol. The fourth-order valence-electron chi connectivity index (χ4n) is 3.61. The minimum absolute atomic E-state index is 0.0869. The van der Waals surface area contributed by atoms with E-state index in [1.54, 1.807) is 18.2 Å². The molecule has 2 amide bonds. The van der Waals surface area contributed by atoms with Crippen LogP contribution < -0.4 is 10.2 Å². The Kier molecular flexibility index (Phi) is 5.30. The Morgan fingerprint density at radius 2 is 1.75 bits per heavy atom. The highest BCUT2D eigenvalue weighted by atomic mass is 32.2. The lowest BCUT2D eigenvalue weighted by atomic mass is 10.1. The largest absolute Gasteiger partial charge is 0.324 e. The molecule has 7 heteroatoms. The zero-order valence-electron chi connectivity index (χ0n) is 16.4. The first-order chi connectivity index (χ1) is 13.1. The molecule has 0 aromatic heterocycles. The second-order valence-corrected chi connectivity index (χ2v) is 9.66. The quantitative estimate of drug-likeness (QED) is 0.858. The van der Waals surface area contributed by atoms with Crippen molar-refractivity contribution < 1.29 is 18.0 Å². The summed E-state index contributed by atoms with van der Waals surface area (Å²) in [5.74, 6) is -0.751. The van der Waals surface area contributed by atoms with Crippen LogP contribution >= 0.6 is 0 Å². The first-order valence-corrected chi connectivity index (χ1v) is 10.7. The van der Waals surface area contributed by atoms with Crippen LogP contribution in [0, 0.1) is 20.8 Å². The maximum atomic E-state index is 12.7. The maximum absolute atomic E-state index is 12.7. The molecule has 1 aliphatic rings. The van der Waals surface area contributed by atoms with Gasteiger partial charge in [-0.25, -0.2) is 8.42 Å². The average molecular weight is 401 g/mol. The summed E-state index contributed by atoms with van der Waals surface area (Å²) in [4.78, 5) is 26.8. The normalized spacial score (nSPS) is 18.4. The van der Waals surface area contributed by atoms with E-state index in [0.717, 1.165) is 16.7 Å². The molecule has 2 aromatic carbocycles. The van der Waals surface area contributed by atoms with Gasteiger partial charge in [-0.15, -0.1) is 0 Å². The highest BCUT2D eigenvalue weighted by Crippen LogP contribution is 2.33. The number of para-hydroxylation sites is 1. The van der Waals surface area contributed by atoms with E-state index in [-0.39, 0.29) is 35.4 Å². The molecule has 1 atom stereocenters. The Morgan fingerprint density at radius 1 is 1.14 bits per heavy atom. The van der Waals surface area contributed by atoms with Gasteiger partial charge in [0.1, 0.15) is 6.54 Å². The molecule has 1 aliphatic heterocycles. The Balaban J connectivity index is 1.93. The van der Waals surface area contributed by atoms with Gasteiger partial charge in [0.25, 0.3) is 0 Å². The van der Waals surface area contributed by atoms with Gasteiger partial charge in [0, 0.05) is 12.1 Å². The first kappa shape index (κ1) is 20.1. The second-order valence-electron chi connectivity index (χ2n) is 7.33. The van der Waals surface area contributed by atoms with E-state index >= 15 is 0 Å². The van der Waals surface area contributed by atoms with Crippen molar-refractivity contribution >= 4 is 33.0 Å². The summed E-state index contributed by atoms with van der Waals surface area (Å²) in [5, 5.41) is 2.04. The van der Waals surface area contributed by atoms with Crippen LogP contribution in [0.25, 0.3) is 0 Å². The van der Waals surface area contributed by atoms with Gasteiger partial charge in [-0.1, -0.05) is 29.8 Å². The lowest BCUT2D eigenvalue weighted by Crippen LogP contribution is -2.38. The molecule has 0 bridgehead atoms. The number of aryl methyl sites for hydroxylation is 3. The molecule has 0 saturated heterocycles. The van der Waals surface area contributed by atoms with Crippen molar-refractivity contribution in [3.8, 4) is 0 Å². The summed E-state index contributed by atoms with van der Waals surface area (Å²) in [6.45, 7) is 7.09. The monoisotopic (exact) mass is 400 g/mol. The number of amides is 2.